The largest absolute Gasteiger partial charge is 0.484 e. The van der Waals surface area contributed by atoms with Gasteiger partial charge in [-0.2, -0.15) is 0 Å². The summed E-state index contributed by atoms with van der Waals surface area (Å²) < 4.78 is 5.42. The van der Waals surface area contributed by atoms with Crippen molar-refractivity contribution < 1.29 is 19.1 Å². The first kappa shape index (κ1) is 23.7. The number of aliphatic imine (C=N–C) groups is 1. The number of anilines is 1. The van der Waals surface area contributed by atoms with Crippen LogP contribution in [0.2, 0.25) is 0 Å². The van der Waals surface area contributed by atoms with Crippen LogP contribution < -0.4 is 20.3 Å². The lowest BCUT2D eigenvalue weighted by Gasteiger charge is -2.22. The molecule has 0 radical (unpaired) electrons. The van der Waals surface area contributed by atoms with Gasteiger partial charge in [-0.05, 0) is 25.1 Å². The van der Waals surface area contributed by atoms with Crippen LogP contribution in [0.5, 0.6) is 5.75 Å². The number of hydrogen-bond acceptors (Lipinski definition) is 5. The van der Waals surface area contributed by atoms with Gasteiger partial charge in [0.15, 0.2) is 6.61 Å². The van der Waals surface area contributed by atoms with Crippen molar-refractivity contribution >= 4 is 29.1 Å². The molecule has 3 aromatic carbocycles. The Hall–Kier alpha value is -4.46. The fraction of sp³-hybridized carbons (Fsp3) is 0.185. The zero-order chi connectivity index (χ0) is 24.8. The molecule has 0 aromatic heterocycles. The average molecular weight is 471 g/mol. The molecule has 0 fully saturated rings. The van der Waals surface area contributed by atoms with Gasteiger partial charge in [0.05, 0.1) is 11.4 Å². The van der Waals surface area contributed by atoms with Crippen molar-refractivity contribution in [1.29, 1.82) is 0 Å². The molecule has 178 valence electrons. The van der Waals surface area contributed by atoms with Crippen molar-refractivity contribution in [3.8, 4) is 5.75 Å². The smallest absolute Gasteiger partial charge is 0.272 e. The normalized spacial score (nSPS) is 15.8. The lowest BCUT2D eigenvalue weighted by Crippen LogP contribution is -2.52. The summed E-state index contributed by atoms with van der Waals surface area (Å²) in [6.45, 7) is 1.30. The number of benzodiazepines with no additional fused rings is 1. The van der Waals surface area contributed by atoms with Crippen LogP contribution in [-0.2, 0) is 14.4 Å². The number of fused-ring (bicyclic) bond motifs is 1. The Morgan fingerprint density at radius 1 is 0.971 bits per heavy atom. The van der Waals surface area contributed by atoms with Crippen molar-refractivity contribution in [3.05, 3.63) is 96.1 Å². The molecule has 8 heteroatoms. The van der Waals surface area contributed by atoms with Crippen LogP contribution >= 0.6 is 0 Å². The Balaban J connectivity index is 1.49. The van der Waals surface area contributed by atoms with Gasteiger partial charge in [0.1, 0.15) is 11.8 Å². The first-order valence-corrected chi connectivity index (χ1v) is 11.2. The number of likely N-dealkylation sites (N-methyl/N-ethyl adjacent to an activating group) is 1. The highest BCUT2D eigenvalue weighted by molar-refractivity contribution is 6.20. The molecule has 0 saturated carbocycles. The molecule has 8 nitrogen and oxygen atoms in total. The molecule has 4 rings (SSSR count). The molecule has 1 aliphatic rings. The van der Waals surface area contributed by atoms with E-state index in [0.717, 1.165) is 11.1 Å². The summed E-state index contributed by atoms with van der Waals surface area (Å²) in [6, 6.07) is 24.9. The van der Waals surface area contributed by atoms with Crippen LogP contribution in [0.1, 0.15) is 18.1 Å². The summed E-state index contributed by atoms with van der Waals surface area (Å²) in [6.07, 6.45) is -1.16. The minimum absolute atomic E-state index is 0.238. The van der Waals surface area contributed by atoms with Gasteiger partial charge in [-0.3, -0.25) is 14.4 Å². The summed E-state index contributed by atoms with van der Waals surface area (Å²) in [4.78, 5) is 44.5. The van der Waals surface area contributed by atoms with Crippen molar-refractivity contribution in [1.82, 2.24) is 10.6 Å². The van der Waals surface area contributed by atoms with Gasteiger partial charge in [-0.1, -0.05) is 66.7 Å². The first-order valence-electron chi connectivity index (χ1n) is 11.2. The molecular formula is C27H26N4O4. The Kier molecular flexibility index (Phi) is 7.21. The molecule has 0 bridgehead atoms. The first-order chi connectivity index (χ1) is 16.9. The number of hydrogen-bond donors (Lipinski definition) is 2. The number of amides is 3. The van der Waals surface area contributed by atoms with Gasteiger partial charge >= 0.3 is 0 Å². The minimum atomic E-state index is -1.16. The highest BCUT2D eigenvalue weighted by Gasteiger charge is 2.32. The third-order valence-electron chi connectivity index (χ3n) is 5.55. The van der Waals surface area contributed by atoms with E-state index in [4.69, 9.17) is 4.74 Å². The fourth-order valence-electron chi connectivity index (χ4n) is 3.72. The molecule has 0 spiro atoms. The lowest BCUT2D eigenvalue weighted by molar-refractivity contribution is -0.131. The Labute approximate surface area is 203 Å². The topological polar surface area (TPSA) is 100 Å². The van der Waals surface area contributed by atoms with Gasteiger partial charge in [0.25, 0.3) is 11.8 Å². The Morgan fingerprint density at radius 2 is 1.60 bits per heavy atom. The molecular weight excluding hydrogens is 444 g/mol. The number of carbonyl (C=O) groups excluding carboxylic acids is 3. The second kappa shape index (κ2) is 10.6. The van der Waals surface area contributed by atoms with Crippen molar-refractivity contribution in [2.45, 2.75) is 19.1 Å². The second-order valence-corrected chi connectivity index (χ2v) is 8.06. The van der Waals surface area contributed by atoms with Crippen LogP contribution in [-0.4, -0.2) is 49.3 Å². The van der Waals surface area contributed by atoms with Crippen molar-refractivity contribution in [3.63, 3.8) is 0 Å². The molecule has 2 atom stereocenters. The third-order valence-corrected chi connectivity index (χ3v) is 5.55. The highest BCUT2D eigenvalue weighted by atomic mass is 16.5. The number of rotatable bonds is 7. The van der Waals surface area contributed by atoms with Crippen LogP contribution in [0, 0.1) is 0 Å². The lowest BCUT2D eigenvalue weighted by atomic mass is 10.0. The Bertz CT molecular complexity index is 1240. The van der Waals surface area contributed by atoms with E-state index in [1.807, 2.05) is 60.7 Å². The van der Waals surface area contributed by atoms with E-state index in [1.165, 1.54) is 11.8 Å². The molecule has 1 heterocycles. The standard InChI is InChI=1S/C27H26N4O4/c1-18(28-23(32)17-35-20-13-7-4-8-14-20)26(33)30-25-27(34)31(2)22-16-10-9-15-21(22)24(29-25)19-11-5-3-6-12-19/h3-16,18,25H,17H2,1-2H3,(H,28,32)(H,30,33)/t18-,25+/m0/s1. The maximum Gasteiger partial charge on any atom is 0.272 e. The molecule has 3 amide bonds. The fourth-order valence-corrected chi connectivity index (χ4v) is 3.72. The summed E-state index contributed by atoms with van der Waals surface area (Å²) in [7, 11) is 1.65. The highest BCUT2D eigenvalue weighted by Crippen LogP contribution is 2.27. The number of nitrogens with zero attached hydrogens (tertiary/aromatic N) is 2. The molecule has 1 aliphatic heterocycles. The molecule has 2 N–H and O–H groups in total. The van der Waals surface area contributed by atoms with E-state index in [9.17, 15) is 14.4 Å². The number of ether oxygens (including phenoxy) is 1. The second-order valence-electron chi connectivity index (χ2n) is 8.06. The SMILES string of the molecule is C[C@H](NC(=O)COc1ccccc1)C(=O)N[C@H]1N=C(c2ccccc2)c2ccccc2N(C)C1=O. The predicted molar refractivity (Wildman–Crippen MR) is 133 cm³/mol. The van der Waals surface area contributed by atoms with Crippen molar-refractivity contribution in [2.75, 3.05) is 18.6 Å². The molecule has 0 saturated heterocycles. The van der Waals surface area contributed by atoms with E-state index in [2.05, 4.69) is 15.6 Å². The minimum Gasteiger partial charge on any atom is -0.484 e. The molecule has 0 unspecified atom stereocenters. The van der Waals surface area contributed by atoms with E-state index >= 15 is 0 Å². The predicted octanol–water partition coefficient (Wildman–Crippen LogP) is 2.53. The maximum absolute atomic E-state index is 13.2. The monoisotopic (exact) mass is 470 g/mol. The van der Waals surface area contributed by atoms with E-state index in [1.54, 1.807) is 31.3 Å². The van der Waals surface area contributed by atoms with Gasteiger partial charge in [-0.15, -0.1) is 0 Å². The summed E-state index contributed by atoms with van der Waals surface area (Å²) in [5.74, 6) is -0.828. The zero-order valence-corrected chi connectivity index (χ0v) is 19.5. The van der Waals surface area contributed by atoms with Gasteiger partial charge in [0, 0.05) is 18.2 Å². The maximum atomic E-state index is 13.2. The van der Waals surface area contributed by atoms with E-state index in [-0.39, 0.29) is 12.5 Å². The van der Waals surface area contributed by atoms with Crippen LogP contribution in [0.3, 0.4) is 0 Å². The van der Waals surface area contributed by atoms with Gasteiger partial charge < -0.3 is 20.3 Å². The summed E-state index contributed by atoms with van der Waals surface area (Å²) in [5.41, 5.74) is 2.89. The summed E-state index contributed by atoms with van der Waals surface area (Å²) in [5, 5.41) is 5.27. The average Bonchev–Trinajstić information content (AvgIpc) is 2.99. The van der Waals surface area contributed by atoms with E-state index < -0.39 is 24.0 Å². The number of nitrogens with one attached hydrogen (secondary N) is 2. The van der Waals surface area contributed by atoms with Crippen LogP contribution in [0.25, 0.3) is 0 Å². The molecule has 3 aromatic rings. The number of carbonyl (C=O) groups is 3. The molecule has 0 aliphatic carbocycles. The van der Waals surface area contributed by atoms with Crippen LogP contribution in [0.4, 0.5) is 5.69 Å². The van der Waals surface area contributed by atoms with Gasteiger partial charge in [0.2, 0.25) is 12.1 Å². The van der Waals surface area contributed by atoms with Crippen LogP contribution in [0.15, 0.2) is 89.9 Å². The van der Waals surface area contributed by atoms with Gasteiger partial charge in [-0.25, -0.2) is 4.99 Å². The zero-order valence-electron chi connectivity index (χ0n) is 19.5. The quantitative estimate of drug-likeness (QED) is 0.554. The van der Waals surface area contributed by atoms with E-state index in [0.29, 0.717) is 17.1 Å². The van der Waals surface area contributed by atoms with Crippen molar-refractivity contribution in [2.24, 2.45) is 4.99 Å². The third kappa shape index (κ3) is 5.55. The summed E-state index contributed by atoms with van der Waals surface area (Å²) >= 11 is 0. The molecule has 35 heavy (non-hydrogen) atoms. The Morgan fingerprint density at radius 3 is 2.31 bits per heavy atom. The number of para-hydroxylation sites is 2. The number of benzene rings is 3.